The maximum absolute atomic E-state index is 4.33. The smallest absolute Gasteiger partial charge is 0.0945 e. The van der Waals surface area contributed by atoms with Crippen LogP contribution in [0.5, 0.6) is 0 Å². The molecule has 5 nitrogen and oxygen atoms in total. The van der Waals surface area contributed by atoms with Gasteiger partial charge in [-0.2, -0.15) is 10.2 Å². The van der Waals surface area contributed by atoms with Crippen molar-refractivity contribution in [2.45, 2.75) is 51.5 Å². The molecule has 2 aromatic heterocycles. The summed E-state index contributed by atoms with van der Waals surface area (Å²) < 4.78 is 4.00. The van der Waals surface area contributed by atoms with Crippen LogP contribution >= 0.6 is 0 Å². The Morgan fingerprint density at radius 1 is 0.895 bits per heavy atom. The molecule has 0 amide bonds. The SMILES string of the molecule is c1cnn(CN(Cn2cccn2)C2CCCCC2)c1. The van der Waals surface area contributed by atoms with E-state index in [-0.39, 0.29) is 0 Å². The van der Waals surface area contributed by atoms with E-state index >= 15 is 0 Å². The van der Waals surface area contributed by atoms with E-state index in [1.54, 1.807) is 0 Å². The van der Waals surface area contributed by atoms with Gasteiger partial charge in [0, 0.05) is 30.8 Å². The van der Waals surface area contributed by atoms with Crippen molar-refractivity contribution >= 4 is 0 Å². The molecule has 3 rings (SSSR count). The number of hydrogen-bond donors (Lipinski definition) is 0. The summed E-state index contributed by atoms with van der Waals surface area (Å²) in [5.41, 5.74) is 0. The van der Waals surface area contributed by atoms with Crippen molar-refractivity contribution in [2.75, 3.05) is 0 Å². The summed E-state index contributed by atoms with van der Waals surface area (Å²) in [6.45, 7) is 1.69. The van der Waals surface area contributed by atoms with Gasteiger partial charge in [0.15, 0.2) is 0 Å². The molecule has 1 aliphatic rings. The average molecular weight is 259 g/mol. The van der Waals surface area contributed by atoms with E-state index in [0.717, 1.165) is 13.3 Å². The molecule has 5 heteroatoms. The highest BCUT2D eigenvalue weighted by atomic mass is 15.4. The third kappa shape index (κ3) is 3.23. The van der Waals surface area contributed by atoms with E-state index in [9.17, 15) is 0 Å². The van der Waals surface area contributed by atoms with Gasteiger partial charge < -0.3 is 0 Å². The zero-order valence-corrected chi connectivity index (χ0v) is 11.2. The first kappa shape index (κ1) is 12.4. The van der Waals surface area contributed by atoms with Gasteiger partial charge in [-0.05, 0) is 25.0 Å². The van der Waals surface area contributed by atoms with E-state index in [0.29, 0.717) is 6.04 Å². The largest absolute Gasteiger partial charge is 0.262 e. The monoisotopic (exact) mass is 259 g/mol. The standard InChI is InChI=1S/C14H21N5/c1-2-6-14(7-3-1)17(12-18-10-4-8-15-18)13-19-11-5-9-16-19/h4-5,8-11,14H,1-3,6-7,12-13H2. The number of rotatable bonds is 5. The summed E-state index contributed by atoms with van der Waals surface area (Å²) in [6.07, 6.45) is 14.4. The van der Waals surface area contributed by atoms with Gasteiger partial charge in [-0.15, -0.1) is 0 Å². The molecule has 0 N–H and O–H groups in total. The predicted molar refractivity (Wildman–Crippen MR) is 73.2 cm³/mol. The summed E-state index contributed by atoms with van der Waals surface area (Å²) in [6, 6.07) is 4.61. The zero-order chi connectivity index (χ0) is 12.9. The molecule has 2 aromatic rings. The Morgan fingerprint density at radius 2 is 1.47 bits per heavy atom. The Balaban J connectivity index is 1.70. The third-order valence-electron chi connectivity index (χ3n) is 3.86. The van der Waals surface area contributed by atoms with Crippen LogP contribution in [0, 0.1) is 0 Å². The molecular weight excluding hydrogens is 238 g/mol. The highest BCUT2D eigenvalue weighted by molar-refractivity contribution is 4.81. The molecule has 102 valence electrons. The molecule has 0 atom stereocenters. The Labute approximate surface area is 113 Å². The molecule has 0 saturated heterocycles. The van der Waals surface area contributed by atoms with Crippen molar-refractivity contribution in [3.8, 4) is 0 Å². The van der Waals surface area contributed by atoms with Gasteiger partial charge >= 0.3 is 0 Å². The molecule has 0 unspecified atom stereocenters. The minimum Gasteiger partial charge on any atom is -0.262 e. The second kappa shape index (κ2) is 6.02. The van der Waals surface area contributed by atoms with Crippen molar-refractivity contribution in [2.24, 2.45) is 0 Å². The molecule has 2 heterocycles. The summed E-state index contributed by atoms with van der Waals surface area (Å²) >= 11 is 0. The van der Waals surface area contributed by atoms with Gasteiger partial charge in [-0.25, -0.2) is 0 Å². The second-order valence-electron chi connectivity index (χ2n) is 5.25. The van der Waals surface area contributed by atoms with Gasteiger partial charge in [0.1, 0.15) is 0 Å². The topological polar surface area (TPSA) is 38.9 Å². The molecule has 0 spiro atoms. The Bertz CT molecular complexity index is 420. The number of hydrogen-bond acceptors (Lipinski definition) is 3. The maximum Gasteiger partial charge on any atom is 0.0945 e. The van der Waals surface area contributed by atoms with Gasteiger partial charge in [0.05, 0.1) is 13.3 Å². The van der Waals surface area contributed by atoms with Crippen LogP contribution in [0.2, 0.25) is 0 Å². The summed E-state index contributed by atoms with van der Waals surface area (Å²) in [5, 5.41) is 8.65. The lowest BCUT2D eigenvalue weighted by Gasteiger charge is -2.33. The highest BCUT2D eigenvalue weighted by Crippen LogP contribution is 2.23. The molecular formula is C14H21N5. The molecule has 1 aliphatic carbocycles. The van der Waals surface area contributed by atoms with E-state index in [1.807, 2.05) is 46.3 Å². The second-order valence-corrected chi connectivity index (χ2v) is 5.25. The lowest BCUT2D eigenvalue weighted by atomic mass is 9.94. The van der Waals surface area contributed by atoms with Crippen LogP contribution in [-0.4, -0.2) is 30.5 Å². The predicted octanol–water partition coefficient (Wildman–Crippen LogP) is 2.33. The lowest BCUT2D eigenvalue weighted by Crippen LogP contribution is -2.39. The minimum absolute atomic E-state index is 0.655. The normalized spacial score (nSPS) is 17.1. The Morgan fingerprint density at radius 3 is 1.95 bits per heavy atom. The van der Waals surface area contributed by atoms with Gasteiger partial charge in [0.25, 0.3) is 0 Å². The van der Waals surface area contributed by atoms with Crippen LogP contribution in [0.25, 0.3) is 0 Å². The van der Waals surface area contributed by atoms with Crippen molar-refractivity contribution < 1.29 is 0 Å². The van der Waals surface area contributed by atoms with Crippen molar-refractivity contribution in [1.29, 1.82) is 0 Å². The van der Waals surface area contributed by atoms with Crippen LogP contribution in [-0.2, 0) is 13.3 Å². The minimum atomic E-state index is 0.655. The fourth-order valence-corrected chi connectivity index (χ4v) is 2.86. The molecule has 0 aromatic carbocycles. The quantitative estimate of drug-likeness (QED) is 0.827. The van der Waals surface area contributed by atoms with Crippen molar-refractivity contribution in [3.63, 3.8) is 0 Å². The Kier molecular flexibility index (Phi) is 3.93. The van der Waals surface area contributed by atoms with Gasteiger partial charge in [-0.1, -0.05) is 19.3 Å². The maximum atomic E-state index is 4.33. The molecule has 0 radical (unpaired) electrons. The Hall–Kier alpha value is -1.62. The van der Waals surface area contributed by atoms with Gasteiger partial charge in [0.2, 0.25) is 0 Å². The van der Waals surface area contributed by atoms with Crippen LogP contribution < -0.4 is 0 Å². The first-order chi connectivity index (χ1) is 9.42. The van der Waals surface area contributed by atoms with Crippen LogP contribution in [0.1, 0.15) is 32.1 Å². The molecule has 1 saturated carbocycles. The fourth-order valence-electron chi connectivity index (χ4n) is 2.86. The van der Waals surface area contributed by atoms with E-state index < -0.39 is 0 Å². The summed E-state index contributed by atoms with van der Waals surface area (Å²) in [5.74, 6) is 0. The molecule has 19 heavy (non-hydrogen) atoms. The third-order valence-corrected chi connectivity index (χ3v) is 3.86. The molecule has 0 bridgehead atoms. The summed E-state index contributed by atoms with van der Waals surface area (Å²) in [7, 11) is 0. The van der Waals surface area contributed by atoms with E-state index in [4.69, 9.17) is 0 Å². The van der Waals surface area contributed by atoms with E-state index in [1.165, 1.54) is 32.1 Å². The first-order valence-electron chi connectivity index (χ1n) is 7.11. The molecule has 1 fully saturated rings. The zero-order valence-electron chi connectivity index (χ0n) is 11.2. The lowest BCUT2D eigenvalue weighted by molar-refractivity contribution is 0.0734. The number of aromatic nitrogens is 4. The van der Waals surface area contributed by atoms with E-state index in [2.05, 4.69) is 15.1 Å². The fraction of sp³-hybridized carbons (Fsp3) is 0.571. The number of nitrogens with zero attached hydrogens (tertiary/aromatic N) is 5. The molecule has 0 aliphatic heterocycles. The first-order valence-corrected chi connectivity index (χ1v) is 7.11. The van der Waals surface area contributed by atoms with Crippen molar-refractivity contribution in [3.05, 3.63) is 36.9 Å². The van der Waals surface area contributed by atoms with Crippen LogP contribution in [0.3, 0.4) is 0 Å². The van der Waals surface area contributed by atoms with Crippen LogP contribution in [0.15, 0.2) is 36.9 Å². The highest BCUT2D eigenvalue weighted by Gasteiger charge is 2.21. The average Bonchev–Trinajstić information content (AvgIpc) is 3.12. The van der Waals surface area contributed by atoms with Gasteiger partial charge in [-0.3, -0.25) is 14.3 Å². The van der Waals surface area contributed by atoms with Crippen LogP contribution in [0.4, 0.5) is 0 Å². The van der Waals surface area contributed by atoms with Crippen molar-refractivity contribution in [1.82, 2.24) is 24.5 Å². The summed E-state index contributed by atoms with van der Waals surface area (Å²) in [4.78, 5) is 2.49.